The van der Waals surface area contributed by atoms with Crippen LogP contribution in [0.2, 0.25) is 0 Å². The van der Waals surface area contributed by atoms with Crippen molar-refractivity contribution < 1.29 is 0 Å². The van der Waals surface area contributed by atoms with Crippen molar-refractivity contribution in [3.63, 3.8) is 0 Å². The van der Waals surface area contributed by atoms with Gasteiger partial charge >= 0.3 is 0 Å². The fraction of sp³-hybridized carbons (Fsp3) is 0.242. The molecule has 180 valence electrons. The summed E-state index contributed by atoms with van der Waals surface area (Å²) in [4.78, 5) is 8.86. The van der Waals surface area contributed by atoms with Crippen LogP contribution in [0.3, 0.4) is 0 Å². The van der Waals surface area contributed by atoms with Crippen molar-refractivity contribution >= 4 is 12.4 Å². The zero-order chi connectivity index (χ0) is 24.5. The Morgan fingerprint density at radius 3 is 2.78 bits per heavy atom. The predicted molar refractivity (Wildman–Crippen MR) is 152 cm³/mol. The summed E-state index contributed by atoms with van der Waals surface area (Å²) in [6.45, 7) is 8.25. The summed E-state index contributed by atoms with van der Waals surface area (Å²) in [5, 5.41) is 0. The van der Waals surface area contributed by atoms with Gasteiger partial charge < -0.3 is 9.80 Å². The van der Waals surface area contributed by atoms with E-state index in [0.29, 0.717) is 17.5 Å². The van der Waals surface area contributed by atoms with Gasteiger partial charge in [0, 0.05) is 17.8 Å². The molecule has 1 heterocycles. The van der Waals surface area contributed by atoms with Crippen LogP contribution in [0.15, 0.2) is 132 Å². The zero-order valence-electron chi connectivity index (χ0n) is 20.7. The number of rotatable bonds is 6. The molecule has 0 N–H and O–H groups in total. The lowest BCUT2D eigenvalue weighted by Gasteiger charge is -2.29. The van der Waals surface area contributed by atoms with Crippen molar-refractivity contribution in [2.75, 3.05) is 11.6 Å². The Kier molecular flexibility index (Phi) is 6.06. The van der Waals surface area contributed by atoms with Crippen LogP contribution < -0.4 is 4.90 Å². The van der Waals surface area contributed by atoms with Crippen molar-refractivity contribution in [1.82, 2.24) is 4.90 Å². The molecule has 0 aromatic heterocycles. The molecule has 4 aliphatic carbocycles. The fourth-order valence-corrected chi connectivity index (χ4v) is 6.09. The molecule has 3 heteroatoms. The molecule has 0 saturated carbocycles. The number of hydrogen-bond donors (Lipinski definition) is 0. The van der Waals surface area contributed by atoms with Gasteiger partial charge in [0.15, 0.2) is 0 Å². The first-order valence-electron chi connectivity index (χ1n) is 13.0. The third kappa shape index (κ3) is 4.19. The normalized spacial score (nSPS) is 27.9. The average molecular weight is 472 g/mol. The number of hydrogen-bond acceptors (Lipinski definition) is 3. The van der Waals surface area contributed by atoms with Crippen molar-refractivity contribution in [3.8, 4) is 0 Å². The fourth-order valence-electron chi connectivity index (χ4n) is 6.09. The van der Waals surface area contributed by atoms with Crippen molar-refractivity contribution in [2.45, 2.75) is 37.3 Å². The first-order valence-corrected chi connectivity index (χ1v) is 13.0. The van der Waals surface area contributed by atoms with Gasteiger partial charge in [0.2, 0.25) is 0 Å². The number of anilines is 1. The zero-order valence-corrected chi connectivity index (χ0v) is 20.7. The number of fused-ring (bicyclic) bond motifs is 4. The van der Waals surface area contributed by atoms with E-state index in [0.717, 1.165) is 25.9 Å². The standard InChI is InChI=1S/C33H33N3/c1-24(34-2)10-8-9-19-35-23-36(32-18-16-26(21-33(32)35)25-11-4-3-5-12-25)29-17-15-28-20-27-13-6-7-14-30(27)31(28)22-29/h4,6-19,21-22,27,30,32-33H,1-3,5,20,23H2/b10-8-,19-9-. The number of aliphatic imine (C=N–C) groups is 1. The monoisotopic (exact) mass is 471 g/mol. The Bertz CT molecular complexity index is 1310. The lowest BCUT2D eigenvalue weighted by Crippen LogP contribution is -2.35. The highest BCUT2D eigenvalue weighted by molar-refractivity contribution is 5.60. The largest absolute Gasteiger partial charge is 0.351 e. The molecule has 6 rings (SSSR count). The van der Waals surface area contributed by atoms with E-state index in [1.165, 1.54) is 28.0 Å². The summed E-state index contributed by atoms with van der Waals surface area (Å²) < 4.78 is 0. The van der Waals surface area contributed by atoms with Gasteiger partial charge in [0.05, 0.1) is 24.4 Å². The Labute approximate surface area is 214 Å². The van der Waals surface area contributed by atoms with Gasteiger partial charge in [-0.3, -0.25) is 4.99 Å². The molecule has 0 amide bonds. The minimum Gasteiger partial charge on any atom is -0.351 e. The van der Waals surface area contributed by atoms with E-state index >= 15 is 0 Å². The topological polar surface area (TPSA) is 18.8 Å². The van der Waals surface area contributed by atoms with Crippen LogP contribution in [0, 0.1) is 5.92 Å². The second-order valence-electron chi connectivity index (χ2n) is 10.1. The molecule has 1 aromatic rings. The summed E-state index contributed by atoms with van der Waals surface area (Å²) in [6.07, 6.45) is 34.8. The molecule has 36 heavy (non-hydrogen) atoms. The highest BCUT2D eigenvalue weighted by Crippen LogP contribution is 2.44. The Balaban J connectivity index is 1.31. The van der Waals surface area contributed by atoms with Gasteiger partial charge in [-0.25, -0.2) is 0 Å². The van der Waals surface area contributed by atoms with Crippen LogP contribution in [0.5, 0.6) is 0 Å². The van der Waals surface area contributed by atoms with E-state index in [1.807, 2.05) is 12.2 Å². The third-order valence-corrected chi connectivity index (χ3v) is 7.97. The predicted octanol–water partition coefficient (Wildman–Crippen LogP) is 6.94. The molecule has 5 aliphatic rings. The number of nitrogens with zero attached hydrogens (tertiary/aromatic N) is 3. The molecule has 0 radical (unpaired) electrons. The lowest BCUT2D eigenvalue weighted by molar-refractivity contribution is 0.395. The maximum absolute atomic E-state index is 3.87. The van der Waals surface area contributed by atoms with E-state index in [9.17, 15) is 0 Å². The Morgan fingerprint density at radius 2 is 1.92 bits per heavy atom. The molecule has 1 saturated heterocycles. The van der Waals surface area contributed by atoms with E-state index in [1.54, 1.807) is 0 Å². The van der Waals surface area contributed by atoms with Gasteiger partial charge in [0.25, 0.3) is 0 Å². The second-order valence-corrected chi connectivity index (χ2v) is 10.1. The van der Waals surface area contributed by atoms with Crippen molar-refractivity contribution in [1.29, 1.82) is 0 Å². The van der Waals surface area contributed by atoms with E-state index < -0.39 is 0 Å². The van der Waals surface area contributed by atoms with E-state index in [2.05, 4.69) is 119 Å². The summed E-state index contributed by atoms with van der Waals surface area (Å²) in [6, 6.07) is 7.70. The lowest BCUT2D eigenvalue weighted by atomic mass is 9.88. The minimum absolute atomic E-state index is 0.269. The van der Waals surface area contributed by atoms with E-state index in [4.69, 9.17) is 0 Å². The van der Waals surface area contributed by atoms with Crippen molar-refractivity contribution in [2.24, 2.45) is 10.9 Å². The third-order valence-electron chi connectivity index (χ3n) is 7.97. The molecule has 4 atom stereocenters. The van der Waals surface area contributed by atoms with Gasteiger partial charge in [-0.1, -0.05) is 79.5 Å². The minimum atomic E-state index is 0.269. The number of allylic oxidation sites excluding steroid dienone is 13. The molecule has 4 unspecified atom stereocenters. The molecule has 1 fully saturated rings. The second kappa shape index (κ2) is 9.66. The molecule has 0 spiro atoms. The molecule has 1 aromatic carbocycles. The summed E-state index contributed by atoms with van der Waals surface area (Å²) in [5.41, 5.74) is 7.63. The Hall–Kier alpha value is -3.85. The first kappa shape index (κ1) is 22.6. The molecular weight excluding hydrogens is 438 g/mol. The van der Waals surface area contributed by atoms with Crippen molar-refractivity contribution in [3.05, 3.63) is 138 Å². The summed E-state index contributed by atoms with van der Waals surface area (Å²) in [5.74, 6) is 1.11. The van der Waals surface area contributed by atoms with Gasteiger partial charge in [-0.05, 0) is 78.5 Å². The number of benzene rings is 1. The summed E-state index contributed by atoms with van der Waals surface area (Å²) >= 11 is 0. The van der Waals surface area contributed by atoms with Gasteiger partial charge in [-0.2, -0.15) is 0 Å². The van der Waals surface area contributed by atoms with Crippen LogP contribution in [0.1, 0.15) is 29.9 Å². The van der Waals surface area contributed by atoms with Gasteiger partial charge in [-0.15, -0.1) is 0 Å². The van der Waals surface area contributed by atoms with Crippen LogP contribution in [-0.2, 0) is 6.42 Å². The maximum atomic E-state index is 3.87. The summed E-state index contributed by atoms with van der Waals surface area (Å²) in [7, 11) is 0. The van der Waals surface area contributed by atoms with Crippen LogP contribution >= 0.6 is 0 Å². The molecular formula is C33H33N3. The highest BCUT2D eigenvalue weighted by atomic mass is 15.4. The van der Waals surface area contributed by atoms with Gasteiger partial charge in [0.1, 0.15) is 0 Å². The Morgan fingerprint density at radius 1 is 1.00 bits per heavy atom. The van der Waals surface area contributed by atoms with Crippen LogP contribution in [0.25, 0.3) is 0 Å². The van der Waals surface area contributed by atoms with Crippen LogP contribution in [0.4, 0.5) is 5.69 Å². The molecule has 1 aliphatic heterocycles. The van der Waals surface area contributed by atoms with E-state index in [-0.39, 0.29) is 12.1 Å². The average Bonchev–Trinajstić information content (AvgIpc) is 3.49. The smallest absolute Gasteiger partial charge is 0.0911 e. The molecule has 0 bridgehead atoms. The van der Waals surface area contributed by atoms with Crippen LogP contribution in [-0.4, -0.2) is 30.4 Å². The quantitative estimate of drug-likeness (QED) is 0.330. The maximum Gasteiger partial charge on any atom is 0.0911 e. The highest BCUT2D eigenvalue weighted by Gasteiger charge is 2.39. The SMILES string of the molecule is C=NC(=C)/C=C\C=C/N1CN(c2ccc3c(c2)C2C=CC=CC2C3)C2C=CC(C3=CCCC=C3)=CC21. The first-order chi connectivity index (χ1) is 17.7. The molecule has 3 nitrogen and oxygen atoms in total.